The van der Waals surface area contributed by atoms with Gasteiger partial charge in [0.2, 0.25) is 0 Å². The Bertz CT molecular complexity index is 1020. The molecule has 0 bridgehead atoms. The van der Waals surface area contributed by atoms with Gasteiger partial charge in [-0.2, -0.15) is 0 Å². The zero-order chi connectivity index (χ0) is 17.3. The maximum absolute atomic E-state index is 12.1. The molecule has 0 unspecified atom stereocenters. The lowest BCUT2D eigenvalue weighted by Crippen LogP contribution is -2.04. The highest BCUT2D eigenvalue weighted by Crippen LogP contribution is 2.26. The van der Waals surface area contributed by atoms with Crippen molar-refractivity contribution in [3.05, 3.63) is 60.2 Å². The minimum Gasteiger partial charge on any atom is -0.465 e. The number of nitrogens with zero attached hydrogens (tertiary/aromatic N) is 1. The fourth-order valence-corrected chi connectivity index (χ4v) is 3.11. The summed E-state index contributed by atoms with van der Waals surface area (Å²) < 4.78 is 28.0. The van der Waals surface area contributed by atoms with Gasteiger partial charge >= 0.3 is 5.97 Å². The molecule has 6 heteroatoms. The first kappa shape index (κ1) is 16.1. The molecule has 0 spiro atoms. The van der Waals surface area contributed by atoms with Crippen molar-refractivity contribution in [3.8, 4) is 11.3 Å². The molecule has 0 saturated heterocycles. The van der Waals surface area contributed by atoms with Gasteiger partial charge in [0.05, 0.1) is 28.8 Å². The molecule has 122 valence electrons. The van der Waals surface area contributed by atoms with E-state index in [1.165, 1.54) is 19.2 Å². The lowest BCUT2D eigenvalue weighted by atomic mass is 10.0. The van der Waals surface area contributed by atoms with Crippen LogP contribution in [-0.2, 0) is 14.6 Å². The third-order valence-corrected chi connectivity index (χ3v) is 4.83. The predicted molar refractivity (Wildman–Crippen MR) is 91.6 cm³/mol. The first-order valence-corrected chi connectivity index (χ1v) is 9.08. The zero-order valence-electron chi connectivity index (χ0n) is 13.2. The van der Waals surface area contributed by atoms with E-state index in [2.05, 4.69) is 4.98 Å². The average molecular weight is 341 g/mol. The third-order valence-electron chi connectivity index (χ3n) is 3.70. The molecule has 0 amide bonds. The maximum Gasteiger partial charge on any atom is 0.338 e. The van der Waals surface area contributed by atoms with Crippen LogP contribution in [0.25, 0.3) is 22.2 Å². The van der Waals surface area contributed by atoms with E-state index in [1.54, 1.807) is 18.2 Å². The van der Waals surface area contributed by atoms with E-state index in [4.69, 9.17) is 4.74 Å². The van der Waals surface area contributed by atoms with Gasteiger partial charge in [0, 0.05) is 17.2 Å². The van der Waals surface area contributed by atoms with E-state index in [-0.39, 0.29) is 4.90 Å². The Morgan fingerprint density at radius 3 is 2.33 bits per heavy atom. The van der Waals surface area contributed by atoms with Crippen LogP contribution in [0.5, 0.6) is 0 Å². The number of benzene rings is 2. The number of rotatable bonds is 3. The highest BCUT2D eigenvalue weighted by molar-refractivity contribution is 7.90. The first-order valence-electron chi connectivity index (χ1n) is 7.19. The Hall–Kier alpha value is -2.73. The molecule has 1 heterocycles. The Morgan fingerprint density at radius 2 is 1.71 bits per heavy atom. The molecule has 3 rings (SSSR count). The van der Waals surface area contributed by atoms with Crippen LogP contribution < -0.4 is 0 Å². The summed E-state index contributed by atoms with van der Waals surface area (Å²) in [5.74, 6) is -0.442. The van der Waals surface area contributed by atoms with Crippen LogP contribution in [0, 0.1) is 0 Å². The second-order valence-electron chi connectivity index (χ2n) is 5.36. The first-order chi connectivity index (χ1) is 11.4. The minimum atomic E-state index is -3.26. The molecule has 2 aromatic carbocycles. The molecule has 0 fully saturated rings. The van der Waals surface area contributed by atoms with Gasteiger partial charge in [-0.25, -0.2) is 18.2 Å². The molecule has 0 atom stereocenters. The molecule has 3 aromatic rings. The van der Waals surface area contributed by atoms with E-state index < -0.39 is 15.8 Å². The highest BCUT2D eigenvalue weighted by Gasteiger charge is 2.14. The van der Waals surface area contributed by atoms with Gasteiger partial charge in [0.25, 0.3) is 0 Å². The molecule has 0 N–H and O–H groups in total. The molecule has 0 aliphatic rings. The predicted octanol–water partition coefficient (Wildman–Crippen LogP) is 3.09. The number of ether oxygens (including phenoxy) is 1. The van der Waals surface area contributed by atoms with Crippen molar-refractivity contribution in [2.24, 2.45) is 0 Å². The zero-order valence-corrected chi connectivity index (χ0v) is 14.0. The number of hydrogen-bond donors (Lipinski definition) is 0. The summed E-state index contributed by atoms with van der Waals surface area (Å²) in [6, 6.07) is 15.4. The largest absolute Gasteiger partial charge is 0.465 e. The van der Waals surface area contributed by atoms with Crippen LogP contribution in [0.2, 0.25) is 0 Å². The molecule has 0 saturated carbocycles. The van der Waals surface area contributed by atoms with Crippen LogP contribution in [-0.4, -0.2) is 32.7 Å². The fraction of sp³-hybridized carbons (Fsp3) is 0.111. The highest BCUT2D eigenvalue weighted by atomic mass is 32.2. The maximum atomic E-state index is 12.1. The normalized spacial score (nSPS) is 11.4. The van der Waals surface area contributed by atoms with E-state index >= 15 is 0 Å². The summed E-state index contributed by atoms with van der Waals surface area (Å²) in [5, 5.41) is 0.709. The fourth-order valence-electron chi connectivity index (χ4n) is 2.48. The van der Waals surface area contributed by atoms with Gasteiger partial charge in [-0.05, 0) is 24.3 Å². The topological polar surface area (TPSA) is 73.3 Å². The van der Waals surface area contributed by atoms with Gasteiger partial charge in [-0.1, -0.05) is 30.3 Å². The molecule has 5 nitrogen and oxygen atoms in total. The third kappa shape index (κ3) is 3.00. The number of aromatic nitrogens is 1. The van der Waals surface area contributed by atoms with Crippen LogP contribution in [0.4, 0.5) is 0 Å². The van der Waals surface area contributed by atoms with Crippen molar-refractivity contribution >= 4 is 26.7 Å². The molecular weight excluding hydrogens is 326 g/mol. The molecule has 0 aliphatic carbocycles. The standard InChI is InChI=1S/C18H15NO4S/c1-23-18(20)15-11-17(19-16-6-4-3-5-14(15)16)12-7-9-13(10-8-12)24(2,21)22/h3-11H,1-2H3. The molecule has 0 radical (unpaired) electrons. The summed E-state index contributed by atoms with van der Waals surface area (Å²) >= 11 is 0. The second kappa shape index (κ2) is 6.05. The number of hydrogen-bond acceptors (Lipinski definition) is 5. The number of sulfone groups is 1. The molecule has 24 heavy (non-hydrogen) atoms. The van der Waals surface area contributed by atoms with E-state index in [9.17, 15) is 13.2 Å². The van der Waals surface area contributed by atoms with Crippen LogP contribution in [0.3, 0.4) is 0 Å². The minimum absolute atomic E-state index is 0.236. The van der Waals surface area contributed by atoms with Gasteiger partial charge in [-0.3, -0.25) is 0 Å². The van der Waals surface area contributed by atoms with Gasteiger partial charge < -0.3 is 4.74 Å². The Labute approximate surface area is 139 Å². The SMILES string of the molecule is COC(=O)c1cc(-c2ccc(S(C)(=O)=O)cc2)nc2ccccc12. The summed E-state index contributed by atoms with van der Waals surface area (Å²) in [4.78, 5) is 16.9. The van der Waals surface area contributed by atoms with Gasteiger partial charge in [0.1, 0.15) is 0 Å². The number of carbonyl (C=O) groups excluding carboxylic acids is 1. The Morgan fingerprint density at radius 1 is 1.04 bits per heavy atom. The number of carbonyl (C=O) groups is 1. The lowest BCUT2D eigenvalue weighted by molar-refractivity contribution is 0.0603. The van der Waals surface area contributed by atoms with Crippen molar-refractivity contribution in [2.75, 3.05) is 13.4 Å². The van der Waals surface area contributed by atoms with Gasteiger partial charge in [-0.15, -0.1) is 0 Å². The average Bonchev–Trinajstić information content (AvgIpc) is 2.59. The summed E-state index contributed by atoms with van der Waals surface area (Å²) in [5.41, 5.74) is 2.39. The summed E-state index contributed by atoms with van der Waals surface area (Å²) in [7, 11) is -1.93. The quantitative estimate of drug-likeness (QED) is 0.685. The van der Waals surface area contributed by atoms with Crippen LogP contribution in [0.1, 0.15) is 10.4 Å². The van der Waals surface area contributed by atoms with Crippen LogP contribution in [0.15, 0.2) is 59.5 Å². The van der Waals surface area contributed by atoms with Gasteiger partial charge in [0.15, 0.2) is 9.84 Å². The smallest absolute Gasteiger partial charge is 0.338 e. The molecular formula is C18H15NO4S. The van der Waals surface area contributed by atoms with E-state index in [0.717, 1.165) is 11.8 Å². The Kier molecular flexibility index (Phi) is 4.07. The Balaban J connectivity index is 2.18. The number of fused-ring (bicyclic) bond motifs is 1. The summed E-state index contributed by atoms with van der Waals surface area (Å²) in [6.45, 7) is 0. The number of methoxy groups -OCH3 is 1. The molecule has 0 aliphatic heterocycles. The van der Waals surface area contributed by atoms with Crippen molar-refractivity contribution in [2.45, 2.75) is 4.90 Å². The van der Waals surface area contributed by atoms with Crippen molar-refractivity contribution in [3.63, 3.8) is 0 Å². The monoisotopic (exact) mass is 341 g/mol. The molecule has 1 aromatic heterocycles. The van der Waals surface area contributed by atoms with Crippen molar-refractivity contribution in [1.29, 1.82) is 0 Å². The summed E-state index contributed by atoms with van der Waals surface area (Å²) in [6.07, 6.45) is 1.16. The number of pyridine rings is 1. The van der Waals surface area contributed by atoms with E-state index in [1.807, 2.05) is 24.3 Å². The number of para-hydroxylation sites is 1. The lowest BCUT2D eigenvalue weighted by Gasteiger charge is -2.09. The second-order valence-corrected chi connectivity index (χ2v) is 7.38. The van der Waals surface area contributed by atoms with E-state index in [0.29, 0.717) is 22.2 Å². The van der Waals surface area contributed by atoms with Crippen molar-refractivity contribution in [1.82, 2.24) is 4.98 Å². The number of esters is 1. The van der Waals surface area contributed by atoms with Crippen molar-refractivity contribution < 1.29 is 17.9 Å². The van der Waals surface area contributed by atoms with Crippen LogP contribution >= 0.6 is 0 Å².